The lowest BCUT2D eigenvalue weighted by atomic mass is 9.79. The smallest absolute Gasteiger partial charge is 0.0159 e. The predicted molar refractivity (Wildman–Crippen MR) is 239 cm³/mol. The van der Waals surface area contributed by atoms with Gasteiger partial charge in [-0.05, 0) is 150 Å². The van der Waals surface area contributed by atoms with Crippen molar-refractivity contribution in [2.75, 3.05) is 0 Å². The molecule has 0 saturated heterocycles. The third-order valence-electron chi connectivity index (χ3n) is 12.6. The van der Waals surface area contributed by atoms with Gasteiger partial charge >= 0.3 is 0 Å². The zero-order valence-electron chi connectivity index (χ0n) is 33.1. The van der Waals surface area contributed by atoms with E-state index in [9.17, 15) is 0 Å². The molecule has 0 aliphatic heterocycles. The van der Waals surface area contributed by atoms with Gasteiger partial charge in [0.2, 0.25) is 0 Å². The molecule has 0 heteroatoms. The number of hydrogen-bond acceptors (Lipinski definition) is 0. The average molecular weight is 709 g/mol. The zero-order chi connectivity index (χ0) is 38.1. The van der Waals surface area contributed by atoms with Crippen LogP contribution in [0.5, 0.6) is 0 Å². The monoisotopic (exact) mass is 708 g/mol. The normalized spacial score (nSPS) is 15.7. The molecular weight excluding hydrogens is 661 g/mol. The molecule has 2 aliphatic rings. The highest BCUT2D eigenvalue weighted by molar-refractivity contribution is 6.08. The predicted octanol–water partition coefficient (Wildman–Crippen LogP) is 15.4. The number of allylic oxidation sites excluding steroid dienone is 7. The fraction of sp³-hybridized carbons (Fsp3) is 0.164. The lowest BCUT2D eigenvalue weighted by Crippen LogP contribution is -2.16. The number of rotatable bonds is 6. The summed E-state index contributed by atoms with van der Waals surface area (Å²) in [5, 5.41) is 5.06. The van der Waals surface area contributed by atoms with E-state index in [2.05, 4.69) is 212 Å². The first-order chi connectivity index (χ1) is 26.6. The average Bonchev–Trinajstić information content (AvgIpc) is 3.55. The summed E-state index contributed by atoms with van der Waals surface area (Å²) in [6.45, 7) is 16.2. The van der Waals surface area contributed by atoms with E-state index in [1.807, 2.05) is 0 Å². The Morgan fingerprint density at radius 1 is 0.509 bits per heavy atom. The second kappa shape index (κ2) is 13.1. The minimum absolute atomic E-state index is 0.0842. The molecule has 9 rings (SSSR count). The highest BCUT2D eigenvalue weighted by Gasteiger charge is 2.36. The van der Waals surface area contributed by atoms with Crippen LogP contribution in [0, 0.1) is 0 Å². The molecule has 0 bridgehead atoms. The third kappa shape index (κ3) is 5.58. The van der Waals surface area contributed by atoms with E-state index in [1.165, 1.54) is 105 Å². The van der Waals surface area contributed by atoms with Gasteiger partial charge in [0.1, 0.15) is 0 Å². The summed E-state index contributed by atoms with van der Waals surface area (Å²) < 4.78 is 0. The molecular formula is C55H48. The van der Waals surface area contributed by atoms with Crippen molar-refractivity contribution >= 4 is 38.8 Å². The van der Waals surface area contributed by atoms with E-state index in [1.54, 1.807) is 0 Å². The van der Waals surface area contributed by atoms with Crippen LogP contribution in [-0.4, -0.2) is 0 Å². The molecule has 7 aromatic rings. The van der Waals surface area contributed by atoms with Crippen LogP contribution in [0.3, 0.4) is 0 Å². The molecule has 0 saturated carbocycles. The molecule has 55 heavy (non-hydrogen) atoms. The van der Waals surface area contributed by atoms with Gasteiger partial charge in [0.25, 0.3) is 0 Å². The molecule has 0 fully saturated rings. The van der Waals surface area contributed by atoms with Crippen LogP contribution in [0.1, 0.15) is 81.8 Å². The summed E-state index contributed by atoms with van der Waals surface area (Å²) in [6, 6.07) is 50.1. The Labute approximate surface area is 326 Å². The Morgan fingerprint density at radius 3 is 1.91 bits per heavy atom. The molecule has 7 aromatic carbocycles. The minimum Gasteiger partial charge on any atom is -0.0877 e. The fourth-order valence-corrected chi connectivity index (χ4v) is 9.64. The number of hydrogen-bond donors (Lipinski definition) is 0. The maximum atomic E-state index is 2.48. The van der Waals surface area contributed by atoms with Crippen LogP contribution < -0.4 is 0 Å². The van der Waals surface area contributed by atoms with Crippen molar-refractivity contribution in [2.24, 2.45) is 0 Å². The molecule has 0 aromatic heterocycles. The molecule has 0 unspecified atom stereocenters. The topological polar surface area (TPSA) is 0 Å². The molecule has 0 amide bonds. The zero-order valence-corrected chi connectivity index (χ0v) is 33.1. The van der Waals surface area contributed by atoms with E-state index in [-0.39, 0.29) is 10.8 Å². The van der Waals surface area contributed by atoms with Gasteiger partial charge in [0.05, 0.1) is 0 Å². The number of fused-ring (bicyclic) bond motifs is 6. The summed E-state index contributed by atoms with van der Waals surface area (Å²) in [5.41, 5.74) is 19.6. The van der Waals surface area contributed by atoms with E-state index in [0.717, 1.165) is 0 Å². The maximum absolute atomic E-state index is 2.48. The van der Waals surface area contributed by atoms with Crippen molar-refractivity contribution in [3.63, 3.8) is 0 Å². The van der Waals surface area contributed by atoms with Crippen LogP contribution in [0.4, 0.5) is 0 Å². The Bertz CT molecular complexity index is 2820. The van der Waals surface area contributed by atoms with Gasteiger partial charge in [-0.25, -0.2) is 0 Å². The van der Waals surface area contributed by atoms with E-state index in [0.29, 0.717) is 0 Å². The van der Waals surface area contributed by atoms with Crippen molar-refractivity contribution in [3.05, 3.63) is 197 Å². The first kappa shape index (κ1) is 34.8. The Kier molecular flexibility index (Phi) is 8.28. The second-order valence-corrected chi connectivity index (χ2v) is 16.6. The van der Waals surface area contributed by atoms with Crippen LogP contribution in [0.25, 0.3) is 72.1 Å². The lowest BCUT2D eigenvalue weighted by Gasteiger charge is -2.24. The molecule has 268 valence electrons. The van der Waals surface area contributed by atoms with Gasteiger partial charge in [-0.15, -0.1) is 0 Å². The molecule has 0 atom stereocenters. The fourth-order valence-electron chi connectivity index (χ4n) is 9.64. The second-order valence-electron chi connectivity index (χ2n) is 16.6. The van der Waals surface area contributed by atoms with Crippen LogP contribution in [0.15, 0.2) is 163 Å². The summed E-state index contributed by atoms with van der Waals surface area (Å²) >= 11 is 0. The molecule has 0 N–H and O–H groups in total. The SMILES string of the molecule is C/C=C\C=C/c1cc(-c2ccc3c(c2)C(C)(C)c2ccccc2-3)c2cc(-c3ccc4ccccc4c3)ccc2c1/C(C)=C/C1=C(C)c2ccccc2C1(C)C. The van der Waals surface area contributed by atoms with Gasteiger partial charge in [-0.1, -0.05) is 167 Å². The largest absolute Gasteiger partial charge is 0.0877 e. The van der Waals surface area contributed by atoms with Gasteiger partial charge < -0.3 is 0 Å². The Balaban J connectivity index is 1.31. The summed E-state index contributed by atoms with van der Waals surface area (Å²) in [7, 11) is 0. The lowest BCUT2D eigenvalue weighted by molar-refractivity contribution is 0.654. The summed E-state index contributed by atoms with van der Waals surface area (Å²) in [4.78, 5) is 0. The van der Waals surface area contributed by atoms with Crippen LogP contribution in [-0.2, 0) is 10.8 Å². The van der Waals surface area contributed by atoms with E-state index < -0.39 is 0 Å². The molecule has 0 spiro atoms. The van der Waals surface area contributed by atoms with Crippen LogP contribution >= 0.6 is 0 Å². The third-order valence-corrected chi connectivity index (χ3v) is 12.6. The highest BCUT2D eigenvalue weighted by atomic mass is 14.4. The minimum atomic E-state index is -0.0866. The van der Waals surface area contributed by atoms with Crippen LogP contribution in [0.2, 0.25) is 0 Å². The molecule has 2 aliphatic carbocycles. The van der Waals surface area contributed by atoms with Crippen molar-refractivity contribution < 1.29 is 0 Å². The van der Waals surface area contributed by atoms with Gasteiger partial charge in [0.15, 0.2) is 0 Å². The quantitative estimate of drug-likeness (QED) is 0.151. The highest BCUT2D eigenvalue weighted by Crippen LogP contribution is 2.51. The molecule has 0 nitrogen and oxygen atoms in total. The van der Waals surface area contributed by atoms with Crippen molar-refractivity contribution in [3.8, 4) is 33.4 Å². The molecule has 0 heterocycles. The molecule has 0 radical (unpaired) electrons. The summed E-state index contributed by atoms with van der Waals surface area (Å²) in [5.74, 6) is 0. The number of benzene rings is 7. The Hall–Kier alpha value is -5.98. The van der Waals surface area contributed by atoms with E-state index >= 15 is 0 Å². The standard InChI is InChI=1S/C55H48/c1-8-9-10-19-42-33-47(41-27-28-45-44-21-14-16-23-50(44)55(6,7)52(45)34-41)48-32-40(39-25-24-37-17-11-12-18-38(37)31-39)26-29-46(48)53(42)35(2)30-51-36(3)43-20-13-15-22-49(43)54(51,4)5/h8-34H,1-7H3/b9-8-,19-10-,35-30+. The van der Waals surface area contributed by atoms with Gasteiger partial charge in [-0.2, -0.15) is 0 Å². The van der Waals surface area contributed by atoms with Crippen molar-refractivity contribution in [1.82, 2.24) is 0 Å². The summed E-state index contributed by atoms with van der Waals surface area (Å²) in [6.07, 6.45) is 11.2. The van der Waals surface area contributed by atoms with E-state index in [4.69, 9.17) is 0 Å². The first-order valence-electron chi connectivity index (χ1n) is 19.7. The van der Waals surface area contributed by atoms with Gasteiger partial charge in [0, 0.05) is 10.8 Å². The van der Waals surface area contributed by atoms with Crippen molar-refractivity contribution in [2.45, 2.75) is 59.3 Å². The first-order valence-corrected chi connectivity index (χ1v) is 19.7. The maximum Gasteiger partial charge on any atom is 0.0159 e. The van der Waals surface area contributed by atoms with Crippen molar-refractivity contribution in [1.29, 1.82) is 0 Å². The Morgan fingerprint density at radius 2 is 1.15 bits per heavy atom. The van der Waals surface area contributed by atoms with Gasteiger partial charge in [-0.3, -0.25) is 0 Å².